The maximum absolute atomic E-state index is 12.8. The second kappa shape index (κ2) is 10.8. The maximum atomic E-state index is 12.8. The molecular formula is C23H19F3N6O4S2. The first-order valence-electron chi connectivity index (χ1n) is 10.6. The minimum absolute atomic E-state index is 0.132. The molecule has 0 atom stereocenters. The Balaban J connectivity index is 1.57. The SMILES string of the molecule is CSc1ccc(S(=O)(=O)N(C)OC(=O)C(F)(F)F)cc1Nc1cc(Nc2ccc3ncccc3c2)ncn1. The van der Waals surface area contributed by atoms with Gasteiger partial charge >= 0.3 is 12.1 Å². The van der Waals surface area contributed by atoms with Crippen molar-refractivity contribution in [1.82, 2.24) is 19.4 Å². The lowest BCUT2D eigenvalue weighted by molar-refractivity contribution is -0.219. The van der Waals surface area contributed by atoms with Gasteiger partial charge in [-0.2, -0.15) is 13.2 Å². The van der Waals surface area contributed by atoms with E-state index in [1.165, 1.54) is 36.3 Å². The first-order valence-corrected chi connectivity index (χ1v) is 13.3. The fraction of sp³-hybridized carbons (Fsp3) is 0.130. The molecule has 4 rings (SSSR count). The van der Waals surface area contributed by atoms with E-state index in [-0.39, 0.29) is 4.47 Å². The summed E-state index contributed by atoms with van der Waals surface area (Å²) in [6.45, 7) is 0. The Morgan fingerprint density at radius 2 is 1.74 bits per heavy atom. The number of aromatic nitrogens is 3. The zero-order chi connectivity index (χ0) is 27.5. The van der Waals surface area contributed by atoms with Gasteiger partial charge in [0.1, 0.15) is 18.0 Å². The summed E-state index contributed by atoms with van der Waals surface area (Å²) in [7, 11) is -3.92. The molecular weight excluding hydrogens is 545 g/mol. The van der Waals surface area contributed by atoms with E-state index in [1.54, 1.807) is 18.5 Å². The summed E-state index contributed by atoms with van der Waals surface area (Å²) in [6.07, 6.45) is -0.597. The van der Waals surface area contributed by atoms with Crippen LogP contribution in [-0.4, -0.2) is 53.3 Å². The molecule has 38 heavy (non-hydrogen) atoms. The van der Waals surface area contributed by atoms with Crippen LogP contribution in [0.1, 0.15) is 0 Å². The predicted molar refractivity (Wildman–Crippen MR) is 136 cm³/mol. The molecule has 0 fully saturated rings. The van der Waals surface area contributed by atoms with Gasteiger partial charge in [-0.25, -0.2) is 23.2 Å². The Kier molecular flexibility index (Phi) is 7.71. The molecule has 2 aromatic heterocycles. The van der Waals surface area contributed by atoms with Gasteiger partial charge in [-0.3, -0.25) is 4.98 Å². The number of carbonyl (C=O) groups is 1. The Hall–Kier alpha value is -3.95. The molecule has 0 unspecified atom stereocenters. The van der Waals surface area contributed by atoms with Gasteiger partial charge in [0.15, 0.2) is 0 Å². The van der Waals surface area contributed by atoms with Crippen molar-refractivity contribution in [2.24, 2.45) is 0 Å². The summed E-state index contributed by atoms with van der Waals surface area (Å²) in [4.78, 5) is 27.9. The van der Waals surface area contributed by atoms with E-state index < -0.39 is 27.1 Å². The molecule has 0 saturated heterocycles. The molecule has 0 radical (unpaired) electrons. The zero-order valence-electron chi connectivity index (χ0n) is 19.7. The van der Waals surface area contributed by atoms with Crippen molar-refractivity contribution >= 4 is 61.7 Å². The summed E-state index contributed by atoms with van der Waals surface area (Å²) in [6, 6.07) is 14.8. The molecule has 0 amide bonds. The van der Waals surface area contributed by atoms with Crippen LogP contribution in [-0.2, 0) is 19.7 Å². The van der Waals surface area contributed by atoms with Crippen LogP contribution < -0.4 is 10.6 Å². The average Bonchev–Trinajstić information content (AvgIpc) is 2.88. The van der Waals surface area contributed by atoms with Gasteiger partial charge in [0.25, 0.3) is 10.0 Å². The summed E-state index contributed by atoms with van der Waals surface area (Å²) >= 11 is 1.29. The second-order valence-electron chi connectivity index (χ2n) is 7.60. The number of pyridine rings is 1. The number of benzene rings is 2. The number of fused-ring (bicyclic) bond motifs is 1. The topological polar surface area (TPSA) is 126 Å². The van der Waals surface area contributed by atoms with Gasteiger partial charge in [0, 0.05) is 35.3 Å². The Morgan fingerprint density at radius 1 is 1.00 bits per heavy atom. The van der Waals surface area contributed by atoms with E-state index in [2.05, 4.69) is 30.4 Å². The van der Waals surface area contributed by atoms with Crippen LogP contribution >= 0.6 is 11.8 Å². The standard InChI is InChI=1S/C23H19F3N6O4S2/c1-32(36-22(33)23(24,25)26)38(34,35)16-6-8-19(37-2)18(11-16)31-21-12-20(28-13-29-21)30-15-5-7-17-14(10-15)4-3-9-27-17/h3-13H,1-2H3,(H2,28,29,30,31). The molecule has 2 heterocycles. The van der Waals surface area contributed by atoms with Crippen LogP contribution in [0.15, 0.2) is 76.9 Å². The van der Waals surface area contributed by atoms with Crippen LogP contribution in [0, 0.1) is 0 Å². The monoisotopic (exact) mass is 564 g/mol. The van der Waals surface area contributed by atoms with Crippen molar-refractivity contribution in [3.05, 3.63) is 67.1 Å². The lowest BCUT2D eigenvalue weighted by Gasteiger charge is -2.18. The minimum atomic E-state index is -5.36. The third kappa shape index (κ3) is 6.12. The van der Waals surface area contributed by atoms with E-state index in [1.807, 2.05) is 30.3 Å². The van der Waals surface area contributed by atoms with Crippen LogP contribution in [0.2, 0.25) is 0 Å². The number of nitrogens with zero attached hydrogens (tertiary/aromatic N) is 4. The first kappa shape index (κ1) is 27.1. The molecule has 0 saturated carbocycles. The van der Waals surface area contributed by atoms with Crippen molar-refractivity contribution in [2.45, 2.75) is 16.0 Å². The Labute approximate surface area is 219 Å². The average molecular weight is 565 g/mol. The number of thioether (sulfide) groups is 1. The summed E-state index contributed by atoms with van der Waals surface area (Å²) in [5.41, 5.74) is 1.89. The highest BCUT2D eigenvalue weighted by Gasteiger charge is 2.43. The molecule has 15 heteroatoms. The first-order chi connectivity index (χ1) is 18.0. The molecule has 198 valence electrons. The molecule has 10 nitrogen and oxygen atoms in total. The number of hydroxylamine groups is 1. The third-order valence-electron chi connectivity index (χ3n) is 5.06. The highest BCUT2D eigenvalue weighted by molar-refractivity contribution is 7.98. The van der Waals surface area contributed by atoms with Gasteiger partial charge in [-0.05, 0) is 53.2 Å². The number of carbonyl (C=O) groups excluding carboxylic acids is 1. The third-order valence-corrected chi connectivity index (χ3v) is 7.45. The number of nitrogens with one attached hydrogen (secondary N) is 2. The van der Waals surface area contributed by atoms with Crippen molar-refractivity contribution in [3.8, 4) is 0 Å². The predicted octanol–water partition coefficient (Wildman–Crippen LogP) is 4.87. The molecule has 2 aromatic carbocycles. The lowest BCUT2D eigenvalue weighted by atomic mass is 10.2. The summed E-state index contributed by atoms with van der Waals surface area (Å²) in [5, 5.41) is 7.10. The number of anilines is 4. The van der Waals surface area contributed by atoms with Crippen LogP contribution in [0.3, 0.4) is 0 Å². The summed E-state index contributed by atoms with van der Waals surface area (Å²) < 4.78 is 62.9. The van der Waals surface area contributed by atoms with Crippen molar-refractivity contribution in [3.63, 3.8) is 0 Å². The van der Waals surface area contributed by atoms with Crippen LogP contribution in [0.4, 0.5) is 36.2 Å². The van der Waals surface area contributed by atoms with E-state index >= 15 is 0 Å². The van der Waals surface area contributed by atoms with Crippen molar-refractivity contribution in [1.29, 1.82) is 0 Å². The molecule has 0 aliphatic carbocycles. The quantitative estimate of drug-likeness (QED) is 0.226. The van der Waals surface area contributed by atoms with Crippen LogP contribution in [0.25, 0.3) is 10.9 Å². The molecule has 0 bridgehead atoms. The largest absolute Gasteiger partial charge is 0.492 e. The number of halogens is 3. The number of sulfonamides is 1. The van der Waals surface area contributed by atoms with Crippen LogP contribution in [0.5, 0.6) is 0 Å². The fourth-order valence-corrected chi connectivity index (χ4v) is 4.75. The van der Waals surface area contributed by atoms with Gasteiger partial charge in [-0.1, -0.05) is 6.07 Å². The second-order valence-corrected chi connectivity index (χ2v) is 10.4. The van der Waals surface area contributed by atoms with Gasteiger partial charge in [-0.15, -0.1) is 11.8 Å². The maximum Gasteiger partial charge on any atom is 0.492 e. The number of hydrogen-bond donors (Lipinski definition) is 2. The normalized spacial score (nSPS) is 11.9. The fourth-order valence-electron chi connectivity index (χ4n) is 3.24. The molecule has 0 spiro atoms. The van der Waals surface area contributed by atoms with Crippen molar-refractivity contribution < 1.29 is 31.2 Å². The van der Waals surface area contributed by atoms with Gasteiger partial charge in [0.05, 0.1) is 16.1 Å². The highest BCUT2D eigenvalue weighted by Crippen LogP contribution is 2.32. The Bertz CT molecular complexity index is 1600. The molecule has 0 aliphatic rings. The lowest BCUT2D eigenvalue weighted by Crippen LogP contribution is -2.36. The molecule has 2 N–H and O–H groups in total. The zero-order valence-corrected chi connectivity index (χ0v) is 21.4. The Morgan fingerprint density at radius 3 is 2.45 bits per heavy atom. The van der Waals surface area contributed by atoms with E-state index in [0.717, 1.165) is 16.6 Å². The molecule has 0 aliphatic heterocycles. The summed E-state index contributed by atoms with van der Waals surface area (Å²) in [5.74, 6) is -1.91. The minimum Gasteiger partial charge on any atom is -0.345 e. The number of rotatable bonds is 8. The van der Waals surface area contributed by atoms with Crippen molar-refractivity contribution in [2.75, 3.05) is 23.9 Å². The van der Waals surface area contributed by atoms with E-state index in [4.69, 9.17) is 0 Å². The smallest absolute Gasteiger partial charge is 0.345 e. The number of hydrogen-bond acceptors (Lipinski definition) is 10. The van der Waals surface area contributed by atoms with Gasteiger partial charge < -0.3 is 15.5 Å². The van der Waals surface area contributed by atoms with E-state index in [0.29, 0.717) is 29.3 Å². The van der Waals surface area contributed by atoms with E-state index in [9.17, 15) is 26.4 Å². The van der Waals surface area contributed by atoms with Gasteiger partial charge in [0.2, 0.25) is 0 Å². The molecule has 4 aromatic rings. The highest BCUT2D eigenvalue weighted by atomic mass is 32.2. The number of alkyl halides is 3.